The van der Waals surface area contributed by atoms with Gasteiger partial charge in [0.15, 0.2) is 23.3 Å². The van der Waals surface area contributed by atoms with Gasteiger partial charge in [-0.05, 0) is 7.05 Å². The fourth-order valence-corrected chi connectivity index (χ4v) is 1.66. The molecule has 0 saturated heterocycles. The highest BCUT2D eigenvalue weighted by Gasteiger charge is 2.28. The summed E-state index contributed by atoms with van der Waals surface area (Å²) in [7, 11) is 1.37. The van der Waals surface area contributed by atoms with Crippen molar-refractivity contribution in [3.05, 3.63) is 34.6 Å². The molecular formula is C12H12F5NO. The minimum atomic E-state index is -2.21. The van der Waals surface area contributed by atoms with Crippen LogP contribution in [0.5, 0.6) is 0 Å². The number of hydrogen-bond acceptors (Lipinski definition) is 2. The van der Waals surface area contributed by atoms with E-state index in [-0.39, 0.29) is 12.2 Å². The third kappa shape index (κ3) is 2.91. The molecule has 1 aromatic rings. The summed E-state index contributed by atoms with van der Waals surface area (Å²) in [4.78, 5) is 11.4. The zero-order valence-electron chi connectivity index (χ0n) is 10.3. The highest BCUT2D eigenvalue weighted by molar-refractivity contribution is 5.84. The first-order valence-electron chi connectivity index (χ1n) is 5.55. The monoisotopic (exact) mass is 281 g/mol. The van der Waals surface area contributed by atoms with Gasteiger partial charge in [0.25, 0.3) is 0 Å². The molecule has 0 aliphatic rings. The van der Waals surface area contributed by atoms with E-state index in [0.717, 1.165) is 0 Å². The van der Waals surface area contributed by atoms with Gasteiger partial charge in [-0.15, -0.1) is 0 Å². The Morgan fingerprint density at radius 3 is 1.79 bits per heavy atom. The van der Waals surface area contributed by atoms with E-state index in [2.05, 4.69) is 5.32 Å². The minimum Gasteiger partial charge on any atom is -0.310 e. The number of carbonyl (C=O) groups is 1. The van der Waals surface area contributed by atoms with Gasteiger partial charge in [0.1, 0.15) is 5.78 Å². The van der Waals surface area contributed by atoms with Gasteiger partial charge in [-0.3, -0.25) is 4.79 Å². The number of Topliss-reactive ketones (excluding diaryl/α,β-unsaturated/α-hetero) is 1. The van der Waals surface area contributed by atoms with Crippen LogP contribution >= 0.6 is 0 Å². The summed E-state index contributed by atoms with van der Waals surface area (Å²) in [5.41, 5.74) is -0.988. The van der Waals surface area contributed by atoms with Crippen LogP contribution in [0.15, 0.2) is 0 Å². The second-order valence-corrected chi connectivity index (χ2v) is 3.91. The van der Waals surface area contributed by atoms with E-state index in [1.807, 2.05) is 0 Å². The van der Waals surface area contributed by atoms with Crippen LogP contribution in [0.1, 0.15) is 18.9 Å². The standard InChI is InChI=1S/C12H12F5NO/c1-3-7(19)6(18-2)4-5-8(13)10(15)12(17)11(16)9(5)14/h6,18H,3-4H2,1-2H3. The van der Waals surface area contributed by atoms with Crippen LogP contribution in [0.2, 0.25) is 0 Å². The molecule has 0 radical (unpaired) electrons. The average molecular weight is 281 g/mol. The number of benzene rings is 1. The van der Waals surface area contributed by atoms with Crippen LogP contribution in [0, 0.1) is 29.1 Å². The molecule has 7 heteroatoms. The van der Waals surface area contributed by atoms with E-state index in [9.17, 15) is 26.7 Å². The molecule has 19 heavy (non-hydrogen) atoms. The fraction of sp³-hybridized carbons (Fsp3) is 0.417. The zero-order valence-corrected chi connectivity index (χ0v) is 10.3. The number of nitrogens with one attached hydrogen (secondary N) is 1. The molecule has 0 bridgehead atoms. The molecule has 0 aliphatic carbocycles. The van der Waals surface area contributed by atoms with Crippen molar-refractivity contribution in [3.8, 4) is 0 Å². The van der Waals surface area contributed by atoms with E-state index in [4.69, 9.17) is 0 Å². The molecule has 0 spiro atoms. The number of ketones is 1. The van der Waals surface area contributed by atoms with E-state index >= 15 is 0 Å². The Hall–Kier alpha value is -1.50. The summed E-state index contributed by atoms with van der Waals surface area (Å²) in [5, 5.41) is 2.49. The van der Waals surface area contributed by atoms with Gasteiger partial charge in [0, 0.05) is 18.4 Å². The maximum absolute atomic E-state index is 13.4. The smallest absolute Gasteiger partial charge is 0.200 e. The summed E-state index contributed by atoms with van der Waals surface area (Å²) in [6, 6.07) is -1.00. The summed E-state index contributed by atoms with van der Waals surface area (Å²) < 4.78 is 65.6. The van der Waals surface area contributed by atoms with Gasteiger partial charge < -0.3 is 5.32 Å². The van der Waals surface area contributed by atoms with Gasteiger partial charge in [-0.25, -0.2) is 22.0 Å². The fourth-order valence-electron chi connectivity index (χ4n) is 1.66. The average Bonchev–Trinajstić information content (AvgIpc) is 2.42. The van der Waals surface area contributed by atoms with Crippen LogP contribution in [-0.4, -0.2) is 18.9 Å². The number of rotatable bonds is 5. The Balaban J connectivity index is 3.25. The second kappa shape index (κ2) is 6.10. The second-order valence-electron chi connectivity index (χ2n) is 3.91. The molecule has 106 valence electrons. The van der Waals surface area contributed by atoms with Gasteiger partial charge in [0.2, 0.25) is 5.82 Å². The predicted octanol–water partition coefficient (Wildman–Crippen LogP) is 2.49. The first-order chi connectivity index (χ1) is 8.84. The molecule has 0 fully saturated rings. The van der Waals surface area contributed by atoms with Crippen molar-refractivity contribution in [1.29, 1.82) is 0 Å². The lowest BCUT2D eigenvalue weighted by molar-refractivity contribution is -0.120. The Labute approximate surface area is 106 Å². The lowest BCUT2D eigenvalue weighted by Crippen LogP contribution is -2.36. The molecule has 0 aliphatic heterocycles. The highest BCUT2D eigenvalue weighted by Crippen LogP contribution is 2.24. The maximum atomic E-state index is 13.4. The number of carbonyl (C=O) groups excluding carboxylic acids is 1. The lowest BCUT2D eigenvalue weighted by Gasteiger charge is -2.15. The van der Waals surface area contributed by atoms with Gasteiger partial charge >= 0.3 is 0 Å². The number of halogens is 5. The SMILES string of the molecule is CCC(=O)C(Cc1c(F)c(F)c(F)c(F)c1F)NC. The number of likely N-dealkylation sites (N-methyl/N-ethyl adjacent to an activating group) is 1. The molecule has 0 saturated carbocycles. The summed E-state index contributed by atoms with van der Waals surface area (Å²) in [6.07, 6.45) is -0.518. The number of hydrogen-bond donors (Lipinski definition) is 1. The molecule has 1 rings (SSSR count). The van der Waals surface area contributed by atoms with Gasteiger partial charge in [-0.1, -0.05) is 6.92 Å². The van der Waals surface area contributed by atoms with Crippen molar-refractivity contribution in [2.75, 3.05) is 7.05 Å². The van der Waals surface area contributed by atoms with Crippen molar-refractivity contribution < 1.29 is 26.7 Å². The van der Waals surface area contributed by atoms with Crippen LogP contribution in [-0.2, 0) is 11.2 Å². The Morgan fingerprint density at radius 1 is 1.00 bits per heavy atom. The first kappa shape index (κ1) is 15.6. The van der Waals surface area contributed by atoms with E-state index in [1.165, 1.54) is 14.0 Å². The first-order valence-corrected chi connectivity index (χ1v) is 5.55. The van der Waals surface area contributed by atoms with E-state index in [1.54, 1.807) is 0 Å². The largest absolute Gasteiger partial charge is 0.310 e. The molecule has 0 aromatic heterocycles. The van der Waals surface area contributed by atoms with E-state index < -0.39 is 47.1 Å². The summed E-state index contributed by atoms with van der Waals surface area (Å²) in [6.45, 7) is 1.53. The third-order valence-electron chi connectivity index (χ3n) is 2.79. The molecule has 1 atom stereocenters. The van der Waals surface area contributed by atoms with Gasteiger partial charge in [0.05, 0.1) is 6.04 Å². The van der Waals surface area contributed by atoms with Crippen LogP contribution in [0.3, 0.4) is 0 Å². The Bertz CT molecular complexity index is 474. The molecule has 0 amide bonds. The van der Waals surface area contributed by atoms with Crippen molar-refractivity contribution in [1.82, 2.24) is 5.32 Å². The molecule has 1 unspecified atom stereocenters. The highest BCUT2D eigenvalue weighted by atomic mass is 19.2. The minimum absolute atomic E-state index is 0.0842. The summed E-state index contributed by atoms with van der Waals surface area (Å²) >= 11 is 0. The van der Waals surface area contributed by atoms with Crippen molar-refractivity contribution in [3.63, 3.8) is 0 Å². The topological polar surface area (TPSA) is 29.1 Å². The lowest BCUT2D eigenvalue weighted by atomic mass is 9.99. The van der Waals surface area contributed by atoms with Crippen LogP contribution < -0.4 is 5.32 Å². The molecular weight excluding hydrogens is 269 g/mol. The third-order valence-corrected chi connectivity index (χ3v) is 2.79. The van der Waals surface area contributed by atoms with E-state index in [0.29, 0.717) is 0 Å². The molecule has 1 aromatic carbocycles. The molecule has 2 nitrogen and oxygen atoms in total. The van der Waals surface area contributed by atoms with Crippen LogP contribution in [0.25, 0.3) is 0 Å². The quantitative estimate of drug-likeness (QED) is 0.510. The Morgan fingerprint density at radius 2 is 1.42 bits per heavy atom. The normalized spacial score (nSPS) is 12.6. The molecule has 1 N–H and O–H groups in total. The van der Waals surface area contributed by atoms with Crippen molar-refractivity contribution >= 4 is 5.78 Å². The molecule has 0 heterocycles. The van der Waals surface area contributed by atoms with Crippen molar-refractivity contribution in [2.45, 2.75) is 25.8 Å². The zero-order chi connectivity index (χ0) is 14.7. The van der Waals surface area contributed by atoms with Crippen LogP contribution in [0.4, 0.5) is 22.0 Å². The summed E-state index contributed by atoms with van der Waals surface area (Å²) in [5.74, 6) is -10.4. The predicted molar refractivity (Wildman–Crippen MR) is 58.1 cm³/mol. The Kier molecular flexibility index (Phi) is 4.99. The van der Waals surface area contributed by atoms with Gasteiger partial charge in [-0.2, -0.15) is 0 Å². The maximum Gasteiger partial charge on any atom is 0.200 e. The van der Waals surface area contributed by atoms with Crippen molar-refractivity contribution in [2.24, 2.45) is 0 Å².